The van der Waals surface area contributed by atoms with Gasteiger partial charge in [0.15, 0.2) is 0 Å². The minimum absolute atomic E-state index is 0.0972. The molecule has 0 bridgehead atoms. The van der Waals surface area contributed by atoms with Crippen LogP contribution in [-0.4, -0.2) is 26.0 Å². The van der Waals surface area contributed by atoms with Gasteiger partial charge in [0.05, 0.1) is 0 Å². The van der Waals surface area contributed by atoms with Crippen molar-refractivity contribution in [2.75, 3.05) is 21.1 Å². The van der Waals surface area contributed by atoms with Gasteiger partial charge in [0.2, 0.25) is 0 Å². The Balaban J connectivity index is 0. The van der Waals surface area contributed by atoms with Crippen LogP contribution >= 0.6 is 0 Å². The molecule has 0 aliphatic carbocycles. The van der Waals surface area contributed by atoms with Crippen molar-refractivity contribution in [2.24, 2.45) is 0 Å². The van der Waals surface area contributed by atoms with Crippen LogP contribution in [0.25, 0.3) is 0 Å². The van der Waals surface area contributed by atoms with E-state index in [0.717, 1.165) is 0 Å². The van der Waals surface area contributed by atoms with Crippen molar-refractivity contribution in [2.45, 2.75) is 23.9 Å². The van der Waals surface area contributed by atoms with Crippen LogP contribution in [0.3, 0.4) is 0 Å². The first kappa shape index (κ1) is 12.3. The van der Waals surface area contributed by atoms with E-state index in [-0.39, 0.29) is 17.1 Å². The van der Waals surface area contributed by atoms with Crippen molar-refractivity contribution in [3.63, 3.8) is 0 Å². The second kappa shape index (κ2) is 11.4. The molecule has 0 atom stereocenters. The summed E-state index contributed by atoms with van der Waals surface area (Å²) >= 11 is 0.0972. The van der Waals surface area contributed by atoms with Gasteiger partial charge in [-0.2, -0.15) is 0 Å². The monoisotopic (exact) mass is 181 g/mol. The zero-order valence-corrected chi connectivity index (χ0v) is 10.5. The van der Waals surface area contributed by atoms with Gasteiger partial charge in [-0.25, -0.2) is 0 Å². The molecule has 0 aliphatic heterocycles. The van der Waals surface area contributed by atoms with Crippen molar-refractivity contribution in [3.8, 4) is 0 Å². The predicted molar refractivity (Wildman–Crippen MR) is 40.6 cm³/mol. The van der Waals surface area contributed by atoms with Crippen LogP contribution in [0.15, 0.2) is 0 Å². The Labute approximate surface area is 67.4 Å². The van der Waals surface area contributed by atoms with E-state index in [2.05, 4.69) is 13.8 Å². The summed E-state index contributed by atoms with van der Waals surface area (Å²) in [5, 5.41) is 3.06. The van der Waals surface area contributed by atoms with Gasteiger partial charge in [-0.3, -0.25) is 0 Å². The number of hydrogen-bond acceptors (Lipinski definition) is 1. The molecule has 1 nitrogen and oxygen atoms in total. The molecule has 2 heteroatoms. The standard InChI is InChI=1S/C3H9N.2C2H5.Zn/c1-4(2)3;2*1-2;/h1-3H3;2*1H2,2H3;. The van der Waals surface area contributed by atoms with Gasteiger partial charge >= 0.3 is 41.0 Å². The molecular weight excluding hydrogens is 163 g/mol. The molecular formula is C7H19NZn. The number of nitrogens with zero attached hydrogens (tertiary/aromatic N) is 1. The molecule has 0 aliphatic rings. The molecule has 0 saturated carbocycles. The van der Waals surface area contributed by atoms with Crippen molar-refractivity contribution in [3.05, 3.63) is 0 Å². The molecule has 0 aromatic carbocycles. The van der Waals surface area contributed by atoms with E-state index in [9.17, 15) is 0 Å². The van der Waals surface area contributed by atoms with E-state index in [1.54, 1.807) is 0 Å². The molecule has 0 aromatic heterocycles. The fourth-order valence-corrected chi connectivity index (χ4v) is 1.84. The molecule has 0 saturated heterocycles. The summed E-state index contributed by atoms with van der Waals surface area (Å²) in [6.07, 6.45) is 0. The van der Waals surface area contributed by atoms with Crippen LogP contribution in [0.1, 0.15) is 13.8 Å². The molecule has 0 fully saturated rings. The van der Waals surface area contributed by atoms with Crippen molar-refractivity contribution >= 4 is 0 Å². The van der Waals surface area contributed by atoms with Crippen LogP contribution < -0.4 is 0 Å². The van der Waals surface area contributed by atoms with Gasteiger partial charge in [-0.15, -0.1) is 0 Å². The Morgan fingerprint density at radius 1 is 1.00 bits per heavy atom. The van der Waals surface area contributed by atoms with Crippen molar-refractivity contribution in [1.82, 2.24) is 4.90 Å². The molecule has 0 spiro atoms. The SMILES string of the molecule is CN(C)C.C[CH2][Zn][CH2]C. The van der Waals surface area contributed by atoms with Crippen LogP contribution in [0.2, 0.25) is 10.0 Å². The van der Waals surface area contributed by atoms with E-state index in [1.807, 2.05) is 26.0 Å². The predicted octanol–water partition coefficient (Wildman–Crippen LogP) is 2.12. The molecule has 0 rings (SSSR count). The number of hydrogen-bond donors (Lipinski definition) is 0. The fraction of sp³-hybridized carbons (Fsp3) is 1.00. The first-order valence-corrected chi connectivity index (χ1v) is 7.95. The Hall–Kier alpha value is 0.583. The summed E-state index contributed by atoms with van der Waals surface area (Å²) in [6, 6.07) is 0. The number of rotatable bonds is 2. The minimum atomic E-state index is 0.0972. The quantitative estimate of drug-likeness (QED) is 0.592. The Bertz CT molecular complexity index is 33.1. The Kier molecular flexibility index (Phi) is 15.5. The maximum absolute atomic E-state index is 2.30. The summed E-state index contributed by atoms with van der Waals surface area (Å²) in [4.78, 5) is 2.00. The van der Waals surface area contributed by atoms with Crippen molar-refractivity contribution in [1.29, 1.82) is 0 Å². The Morgan fingerprint density at radius 3 is 1.22 bits per heavy atom. The van der Waals surface area contributed by atoms with Gasteiger partial charge in [0.1, 0.15) is 0 Å². The first-order chi connectivity index (χ1) is 4.15. The summed E-state index contributed by atoms with van der Waals surface area (Å²) in [5.41, 5.74) is 0. The third-order valence-corrected chi connectivity index (χ3v) is 3.67. The van der Waals surface area contributed by atoms with Gasteiger partial charge in [-0.05, 0) is 21.1 Å². The Morgan fingerprint density at radius 2 is 1.22 bits per heavy atom. The second-order valence-corrected chi connectivity index (χ2v) is 8.37. The molecule has 0 heterocycles. The molecule has 9 heavy (non-hydrogen) atoms. The molecule has 0 amide bonds. The summed E-state index contributed by atoms with van der Waals surface area (Å²) in [6.45, 7) is 4.59. The van der Waals surface area contributed by atoms with Gasteiger partial charge in [0.25, 0.3) is 0 Å². The van der Waals surface area contributed by atoms with Crippen LogP contribution in [0.4, 0.5) is 0 Å². The summed E-state index contributed by atoms with van der Waals surface area (Å²) in [5.74, 6) is 0. The maximum atomic E-state index is 2.30. The van der Waals surface area contributed by atoms with E-state index in [4.69, 9.17) is 0 Å². The third kappa shape index (κ3) is 55.7. The molecule has 54 valence electrons. The van der Waals surface area contributed by atoms with E-state index in [0.29, 0.717) is 0 Å². The molecule has 0 aromatic rings. The van der Waals surface area contributed by atoms with E-state index in [1.165, 1.54) is 10.0 Å². The fourth-order valence-electron chi connectivity index (χ4n) is 0.354. The first-order valence-electron chi connectivity index (χ1n) is 3.76. The summed E-state index contributed by atoms with van der Waals surface area (Å²) < 4.78 is 0. The summed E-state index contributed by atoms with van der Waals surface area (Å²) in [7, 11) is 6.00. The molecule has 0 unspecified atom stereocenters. The van der Waals surface area contributed by atoms with Gasteiger partial charge < -0.3 is 4.90 Å². The van der Waals surface area contributed by atoms with E-state index >= 15 is 0 Å². The average molecular weight is 183 g/mol. The zero-order valence-electron chi connectivity index (χ0n) is 7.57. The van der Waals surface area contributed by atoms with Crippen LogP contribution in [0.5, 0.6) is 0 Å². The van der Waals surface area contributed by atoms with Gasteiger partial charge in [0, 0.05) is 0 Å². The molecule has 0 N–H and O–H groups in total. The third-order valence-electron chi connectivity index (χ3n) is 0.707. The van der Waals surface area contributed by atoms with Crippen LogP contribution in [-0.2, 0) is 17.1 Å². The topological polar surface area (TPSA) is 3.24 Å². The van der Waals surface area contributed by atoms with Crippen molar-refractivity contribution < 1.29 is 17.1 Å². The zero-order chi connectivity index (χ0) is 7.70. The molecule has 0 radical (unpaired) electrons. The average Bonchev–Trinajstić information content (AvgIpc) is 1.66. The normalized spacial score (nSPS) is 7.78. The van der Waals surface area contributed by atoms with Crippen LogP contribution in [0, 0.1) is 0 Å². The second-order valence-electron chi connectivity index (χ2n) is 2.70. The van der Waals surface area contributed by atoms with E-state index < -0.39 is 0 Å². The van der Waals surface area contributed by atoms with Gasteiger partial charge in [-0.1, -0.05) is 0 Å².